The molecule has 8 heteroatoms. The third-order valence-electron chi connectivity index (χ3n) is 3.92. The van der Waals surface area contributed by atoms with Gasteiger partial charge in [0, 0.05) is 35.4 Å². The van der Waals surface area contributed by atoms with E-state index in [2.05, 4.69) is 21.2 Å². The first kappa shape index (κ1) is 21.7. The lowest BCUT2D eigenvalue weighted by molar-refractivity contribution is -0.0491. The number of carbonyl (C=O) groups is 1. The van der Waals surface area contributed by atoms with Gasteiger partial charge in [-0.3, -0.25) is 5.32 Å². The SMILES string of the molecule is CCO[C@@H](CCO)[C@@H](OC(=O)Nc1ccc(C#N)cc1)c1cc(Br)ccc1O. The van der Waals surface area contributed by atoms with Gasteiger partial charge in [-0.1, -0.05) is 15.9 Å². The third kappa shape index (κ3) is 5.96. The minimum atomic E-state index is -0.942. The van der Waals surface area contributed by atoms with Crippen molar-refractivity contribution in [1.29, 1.82) is 5.26 Å². The van der Waals surface area contributed by atoms with Crippen molar-refractivity contribution in [2.75, 3.05) is 18.5 Å². The molecule has 0 fully saturated rings. The van der Waals surface area contributed by atoms with E-state index in [4.69, 9.17) is 14.7 Å². The number of nitriles is 1. The topological polar surface area (TPSA) is 112 Å². The number of nitrogens with zero attached hydrogens (tertiary/aromatic N) is 1. The molecule has 1 amide bonds. The Morgan fingerprint density at radius 2 is 2.00 bits per heavy atom. The molecular formula is C20H21BrN2O5. The van der Waals surface area contributed by atoms with Gasteiger partial charge in [0.1, 0.15) is 11.9 Å². The Bertz CT molecular complexity index is 829. The number of aliphatic hydroxyl groups excluding tert-OH is 1. The van der Waals surface area contributed by atoms with Crippen LogP contribution in [0, 0.1) is 11.3 Å². The summed E-state index contributed by atoms with van der Waals surface area (Å²) in [5.41, 5.74) is 1.28. The molecule has 0 aliphatic rings. The number of amides is 1. The first-order chi connectivity index (χ1) is 13.5. The predicted molar refractivity (Wildman–Crippen MR) is 107 cm³/mol. The zero-order chi connectivity index (χ0) is 20.5. The number of nitrogens with one attached hydrogen (secondary N) is 1. The highest BCUT2D eigenvalue weighted by molar-refractivity contribution is 9.10. The molecule has 2 aromatic rings. The van der Waals surface area contributed by atoms with Crippen molar-refractivity contribution in [3.8, 4) is 11.8 Å². The highest BCUT2D eigenvalue weighted by Gasteiger charge is 2.30. The Balaban J connectivity index is 2.25. The number of benzene rings is 2. The standard InChI is InChI=1S/C20H21BrN2O5/c1-2-27-18(9-10-24)19(16-11-14(21)5-8-17(16)25)28-20(26)23-15-6-3-13(12-22)4-7-15/h3-8,11,18-19,24-25H,2,9-10H2,1H3,(H,23,26)/t18-,19-/m0/s1. The number of phenolic OH excluding ortho intramolecular Hbond substituents is 1. The molecule has 2 aromatic carbocycles. The van der Waals surface area contributed by atoms with Gasteiger partial charge in [-0.05, 0) is 49.4 Å². The molecule has 2 atom stereocenters. The van der Waals surface area contributed by atoms with Gasteiger partial charge in [-0.25, -0.2) is 4.79 Å². The second-order valence-electron chi connectivity index (χ2n) is 5.85. The fourth-order valence-corrected chi connectivity index (χ4v) is 3.03. The number of hydrogen-bond donors (Lipinski definition) is 3. The van der Waals surface area contributed by atoms with Crippen molar-refractivity contribution in [1.82, 2.24) is 0 Å². The number of ether oxygens (including phenoxy) is 2. The highest BCUT2D eigenvalue weighted by atomic mass is 79.9. The van der Waals surface area contributed by atoms with Crippen molar-refractivity contribution < 1.29 is 24.5 Å². The summed E-state index contributed by atoms with van der Waals surface area (Å²) < 4.78 is 11.9. The predicted octanol–water partition coefficient (Wildman–Crippen LogP) is 4.10. The normalized spacial score (nSPS) is 12.6. The molecule has 2 rings (SSSR count). The molecule has 0 bridgehead atoms. The van der Waals surface area contributed by atoms with Crippen molar-refractivity contribution in [2.45, 2.75) is 25.6 Å². The van der Waals surface area contributed by atoms with E-state index in [1.165, 1.54) is 6.07 Å². The van der Waals surface area contributed by atoms with E-state index in [1.54, 1.807) is 43.3 Å². The molecule has 3 N–H and O–H groups in total. The molecular weight excluding hydrogens is 428 g/mol. The molecule has 0 unspecified atom stereocenters. The average molecular weight is 449 g/mol. The molecule has 0 saturated heterocycles. The zero-order valence-corrected chi connectivity index (χ0v) is 16.8. The van der Waals surface area contributed by atoms with Gasteiger partial charge in [-0.15, -0.1) is 0 Å². The van der Waals surface area contributed by atoms with Crippen LogP contribution in [0.2, 0.25) is 0 Å². The zero-order valence-electron chi connectivity index (χ0n) is 15.3. The fraction of sp³-hybridized carbons (Fsp3) is 0.300. The van der Waals surface area contributed by atoms with Crippen LogP contribution in [0.1, 0.15) is 30.6 Å². The average Bonchev–Trinajstić information content (AvgIpc) is 2.68. The van der Waals surface area contributed by atoms with Crippen LogP contribution in [-0.2, 0) is 9.47 Å². The van der Waals surface area contributed by atoms with Crippen LogP contribution in [0.25, 0.3) is 0 Å². The van der Waals surface area contributed by atoms with Crippen LogP contribution in [0.5, 0.6) is 5.75 Å². The first-order valence-electron chi connectivity index (χ1n) is 8.67. The molecule has 0 heterocycles. The smallest absolute Gasteiger partial charge is 0.412 e. The number of phenols is 1. The van der Waals surface area contributed by atoms with Crippen LogP contribution >= 0.6 is 15.9 Å². The molecule has 0 aromatic heterocycles. The van der Waals surface area contributed by atoms with Gasteiger partial charge in [-0.2, -0.15) is 5.26 Å². The molecule has 0 saturated carbocycles. The maximum atomic E-state index is 12.5. The van der Waals surface area contributed by atoms with E-state index in [0.717, 1.165) is 0 Å². The highest BCUT2D eigenvalue weighted by Crippen LogP contribution is 2.34. The number of anilines is 1. The van der Waals surface area contributed by atoms with Crippen molar-refractivity contribution >= 4 is 27.7 Å². The molecule has 7 nitrogen and oxygen atoms in total. The molecule has 0 spiro atoms. The summed E-state index contributed by atoms with van der Waals surface area (Å²) in [5.74, 6) is -0.0537. The fourth-order valence-electron chi connectivity index (χ4n) is 2.65. The van der Waals surface area contributed by atoms with E-state index < -0.39 is 18.3 Å². The lowest BCUT2D eigenvalue weighted by Crippen LogP contribution is -2.29. The first-order valence-corrected chi connectivity index (χ1v) is 9.46. The van der Waals surface area contributed by atoms with E-state index in [0.29, 0.717) is 27.9 Å². The van der Waals surface area contributed by atoms with Crippen LogP contribution in [0.3, 0.4) is 0 Å². The van der Waals surface area contributed by atoms with Crippen molar-refractivity contribution in [2.24, 2.45) is 0 Å². The van der Waals surface area contributed by atoms with Crippen molar-refractivity contribution in [3.63, 3.8) is 0 Å². The molecule has 0 aliphatic heterocycles. The molecule has 0 radical (unpaired) electrons. The summed E-state index contributed by atoms with van der Waals surface area (Å²) in [5, 5.41) is 31.1. The minimum absolute atomic E-state index is 0.0537. The summed E-state index contributed by atoms with van der Waals surface area (Å²) >= 11 is 3.34. The minimum Gasteiger partial charge on any atom is -0.508 e. The van der Waals surface area contributed by atoms with Crippen LogP contribution in [-0.4, -0.2) is 35.6 Å². The number of aromatic hydroxyl groups is 1. The summed E-state index contributed by atoms with van der Waals surface area (Å²) in [6.07, 6.45) is -2.13. The molecule has 28 heavy (non-hydrogen) atoms. The lowest BCUT2D eigenvalue weighted by atomic mass is 10.0. The number of rotatable bonds is 8. The second kappa shape index (κ2) is 10.7. The Morgan fingerprint density at radius 3 is 2.61 bits per heavy atom. The second-order valence-corrected chi connectivity index (χ2v) is 6.76. The third-order valence-corrected chi connectivity index (χ3v) is 4.42. The number of halogens is 1. The Morgan fingerprint density at radius 1 is 1.29 bits per heavy atom. The monoisotopic (exact) mass is 448 g/mol. The van der Waals surface area contributed by atoms with Gasteiger partial charge in [0.25, 0.3) is 0 Å². The van der Waals surface area contributed by atoms with E-state index in [-0.39, 0.29) is 18.8 Å². The summed E-state index contributed by atoms with van der Waals surface area (Å²) in [4.78, 5) is 12.5. The van der Waals surface area contributed by atoms with Gasteiger partial charge in [0.2, 0.25) is 0 Å². The molecule has 0 aliphatic carbocycles. The van der Waals surface area contributed by atoms with E-state index in [9.17, 15) is 15.0 Å². The summed E-state index contributed by atoms with van der Waals surface area (Å²) in [7, 11) is 0. The van der Waals surface area contributed by atoms with Gasteiger partial charge in [0.15, 0.2) is 6.10 Å². The summed E-state index contributed by atoms with van der Waals surface area (Å²) in [6.45, 7) is 1.96. The lowest BCUT2D eigenvalue weighted by Gasteiger charge is -2.27. The number of hydrogen-bond acceptors (Lipinski definition) is 6. The van der Waals surface area contributed by atoms with Crippen LogP contribution < -0.4 is 5.32 Å². The largest absolute Gasteiger partial charge is 0.508 e. The van der Waals surface area contributed by atoms with Gasteiger partial charge >= 0.3 is 6.09 Å². The number of carbonyl (C=O) groups excluding carboxylic acids is 1. The maximum Gasteiger partial charge on any atom is 0.412 e. The summed E-state index contributed by atoms with van der Waals surface area (Å²) in [6, 6.07) is 13.1. The van der Waals surface area contributed by atoms with Crippen LogP contribution in [0.4, 0.5) is 10.5 Å². The Labute approximate surface area is 171 Å². The van der Waals surface area contributed by atoms with Crippen LogP contribution in [0.15, 0.2) is 46.9 Å². The van der Waals surface area contributed by atoms with E-state index >= 15 is 0 Å². The van der Waals surface area contributed by atoms with E-state index in [1.807, 2.05) is 6.07 Å². The Kier molecular flexibility index (Phi) is 8.26. The quantitative estimate of drug-likeness (QED) is 0.560. The maximum absolute atomic E-state index is 12.5. The van der Waals surface area contributed by atoms with Crippen molar-refractivity contribution in [3.05, 3.63) is 58.1 Å². The Hall–Kier alpha value is -2.60. The van der Waals surface area contributed by atoms with Gasteiger partial charge in [0.05, 0.1) is 11.6 Å². The van der Waals surface area contributed by atoms with Gasteiger partial charge < -0.3 is 19.7 Å². The number of aliphatic hydroxyl groups is 1. The molecule has 148 valence electrons.